The molecule has 1 spiro atoms. The Morgan fingerprint density at radius 1 is 1.18 bits per heavy atom. The van der Waals surface area contributed by atoms with E-state index < -0.39 is 0 Å². The Balaban J connectivity index is 1.64. The quantitative estimate of drug-likeness (QED) is 0.771. The van der Waals surface area contributed by atoms with E-state index in [1.165, 1.54) is 62.3 Å². The van der Waals surface area contributed by atoms with Gasteiger partial charge >= 0.3 is 0 Å². The maximum Gasteiger partial charge on any atom is 0.157 e. The average Bonchev–Trinajstić information content (AvgIpc) is 2.94. The summed E-state index contributed by atoms with van der Waals surface area (Å²) in [4.78, 5) is 5.00. The number of amidine groups is 1. The first-order valence-electron chi connectivity index (χ1n) is 7.26. The average molecular weight is 252 g/mol. The molecule has 1 aliphatic heterocycles. The molecule has 0 radical (unpaired) electrons. The standard InChI is InChI=1S/C14H24N2S/c1-11-6-2-3-7-12(11)15-13-16-14(10-17-13)8-4-5-9-14/h11-12H,2-10H2,1H3,(H,15,16). The Bertz CT molecular complexity index is 307. The van der Waals surface area contributed by atoms with E-state index in [0.29, 0.717) is 11.6 Å². The summed E-state index contributed by atoms with van der Waals surface area (Å²) in [5, 5.41) is 5.00. The molecule has 2 saturated carbocycles. The van der Waals surface area contributed by atoms with Crippen LogP contribution in [0.1, 0.15) is 58.3 Å². The van der Waals surface area contributed by atoms with Crippen molar-refractivity contribution in [2.45, 2.75) is 69.9 Å². The molecular weight excluding hydrogens is 228 g/mol. The van der Waals surface area contributed by atoms with Crippen molar-refractivity contribution < 1.29 is 0 Å². The first kappa shape index (κ1) is 11.9. The predicted octanol–water partition coefficient (Wildman–Crippen LogP) is 3.57. The second kappa shape index (κ2) is 4.83. The number of nitrogens with zero attached hydrogens (tertiary/aromatic N) is 1. The first-order valence-corrected chi connectivity index (χ1v) is 8.25. The van der Waals surface area contributed by atoms with E-state index in [9.17, 15) is 0 Å². The highest BCUT2D eigenvalue weighted by molar-refractivity contribution is 8.14. The molecule has 0 aromatic rings. The third-order valence-electron chi connectivity index (χ3n) is 4.77. The van der Waals surface area contributed by atoms with Gasteiger partial charge in [0.25, 0.3) is 0 Å². The van der Waals surface area contributed by atoms with Crippen molar-refractivity contribution in [1.29, 1.82) is 0 Å². The maximum atomic E-state index is 5.00. The summed E-state index contributed by atoms with van der Waals surface area (Å²) in [6.45, 7) is 2.37. The molecule has 17 heavy (non-hydrogen) atoms. The van der Waals surface area contributed by atoms with Crippen LogP contribution in [0.2, 0.25) is 0 Å². The zero-order chi connectivity index (χ0) is 11.7. The molecule has 2 atom stereocenters. The lowest BCUT2D eigenvalue weighted by Crippen LogP contribution is -2.41. The molecule has 1 heterocycles. The van der Waals surface area contributed by atoms with Crippen LogP contribution in [0.3, 0.4) is 0 Å². The van der Waals surface area contributed by atoms with Gasteiger partial charge in [0.05, 0.1) is 6.04 Å². The predicted molar refractivity (Wildman–Crippen MR) is 75.6 cm³/mol. The molecular formula is C14H24N2S. The zero-order valence-electron chi connectivity index (χ0n) is 10.9. The van der Waals surface area contributed by atoms with Crippen LogP contribution in [0.5, 0.6) is 0 Å². The molecule has 2 nitrogen and oxygen atoms in total. The molecule has 0 bridgehead atoms. The van der Waals surface area contributed by atoms with Gasteiger partial charge in [-0.25, -0.2) is 0 Å². The van der Waals surface area contributed by atoms with Crippen LogP contribution in [0.4, 0.5) is 0 Å². The van der Waals surface area contributed by atoms with E-state index in [1.54, 1.807) is 0 Å². The fraction of sp³-hybridized carbons (Fsp3) is 0.929. The van der Waals surface area contributed by atoms with Crippen molar-refractivity contribution in [3.63, 3.8) is 0 Å². The van der Waals surface area contributed by atoms with Gasteiger partial charge in [0.1, 0.15) is 0 Å². The second-order valence-electron chi connectivity index (χ2n) is 6.16. The molecule has 0 amide bonds. The minimum Gasteiger partial charge on any atom is -0.359 e. The lowest BCUT2D eigenvalue weighted by atomic mass is 9.86. The normalized spacial score (nSPS) is 38.8. The number of hydrogen-bond acceptors (Lipinski definition) is 2. The summed E-state index contributed by atoms with van der Waals surface area (Å²) >= 11 is 1.97. The lowest BCUT2D eigenvalue weighted by molar-refractivity contribution is 0.332. The molecule has 2 aliphatic carbocycles. The van der Waals surface area contributed by atoms with Gasteiger partial charge in [0.2, 0.25) is 0 Å². The van der Waals surface area contributed by atoms with Gasteiger partial charge in [-0.1, -0.05) is 44.4 Å². The van der Waals surface area contributed by atoms with Crippen LogP contribution in [0.25, 0.3) is 0 Å². The van der Waals surface area contributed by atoms with E-state index in [4.69, 9.17) is 4.99 Å². The van der Waals surface area contributed by atoms with E-state index in [0.717, 1.165) is 5.92 Å². The zero-order valence-corrected chi connectivity index (χ0v) is 11.7. The number of nitrogens with one attached hydrogen (secondary N) is 1. The Hall–Kier alpha value is -0.180. The molecule has 3 aliphatic rings. The summed E-state index contributed by atoms with van der Waals surface area (Å²) in [7, 11) is 0. The molecule has 3 heteroatoms. The third-order valence-corrected chi connectivity index (χ3v) is 5.95. The molecule has 1 N–H and O–H groups in total. The Morgan fingerprint density at radius 3 is 2.71 bits per heavy atom. The van der Waals surface area contributed by atoms with Crippen LogP contribution < -0.4 is 5.32 Å². The van der Waals surface area contributed by atoms with E-state index in [-0.39, 0.29) is 0 Å². The van der Waals surface area contributed by atoms with Gasteiger partial charge in [0.15, 0.2) is 5.17 Å². The molecule has 3 fully saturated rings. The molecule has 0 aromatic carbocycles. The minimum atomic E-state index is 0.432. The molecule has 2 unspecified atom stereocenters. The van der Waals surface area contributed by atoms with Crippen molar-refractivity contribution in [1.82, 2.24) is 5.32 Å². The SMILES string of the molecule is CC1CCCCC1N=C1NC2(CCCC2)CS1. The third kappa shape index (κ3) is 2.49. The van der Waals surface area contributed by atoms with Crippen LogP contribution in [-0.2, 0) is 0 Å². The smallest absolute Gasteiger partial charge is 0.157 e. The maximum absolute atomic E-state index is 5.00. The number of aliphatic imine (C=N–C) groups is 1. The van der Waals surface area contributed by atoms with Crippen LogP contribution >= 0.6 is 11.8 Å². The minimum absolute atomic E-state index is 0.432. The van der Waals surface area contributed by atoms with E-state index >= 15 is 0 Å². The Morgan fingerprint density at radius 2 is 1.94 bits per heavy atom. The fourth-order valence-corrected chi connectivity index (χ4v) is 4.81. The largest absolute Gasteiger partial charge is 0.359 e. The van der Waals surface area contributed by atoms with Gasteiger partial charge in [-0.15, -0.1) is 0 Å². The van der Waals surface area contributed by atoms with Crippen molar-refractivity contribution >= 4 is 16.9 Å². The summed E-state index contributed by atoms with van der Waals surface area (Å²) in [5.74, 6) is 2.05. The summed E-state index contributed by atoms with van der Waals surface area (Å²) in [6, 6.07) is 0.593. The van der Waals surface area contributed by atoms with Crippen molar-refractivity contribution in [2.75, 3.05) is 5.75 Å². The first-order chi connectivity index (χ1) is 8.27. The summed E-state index contributed by atoms with van der Waals surface area (Å²) in [5.41, 5.74) is 0.432. The van der Waals surface area contributed by atoms with E-state index in [1.807, 2.05) is 11.8 Å². The lowest BCUT2D eigenvalue weighted by Gasteiger charge is -2.26. The van der Waals surface area contributed by atoms with Crippen molar-refractivity contribution in [2.24, 2.45) is 10.9 Å². The summed E-state index contributed by atoms with van der Waals surface area (Å²) < 4.78 is 0. The topological polar surface area (TPSA) is 24.4 Å². The molecule has 0 aromatic heterocycles. The van der Waals surface area contributed by atoms with Crippen LogP contribution in [0.15, 0.2) is 4.99 Å². The second-order valence-corrected chi connectivity index (χ2v) is 7.13. The number of rotatable bonds is 1. The monoisotopic (exact) mass is 252 g/mol. The Labute approximate surface area is 109 Å². The number of thioether (sulfide) groups is 1. The van der Waals surface area contributed by atoms with Gasteiger partial charge in [-0.3, -0.25) is 4.99 Å². The van der Waals surface area contributed by atoms with E-state index in [2.05, 4.69) is 12.2 Å². The molecule has 96 valence electrons. The molecule has 1 saturated heterocycles. The van der Waals surface area contributed by atoms with Crippen molar-refractivity contribution in [3.05, 3.63) is 0 Å². The Kier molecular flexibility index (Phi) is 3.38. The van der Waals surface area contributed by atoms with Gasteiger partial charge in [-0.2, -0.15) is 0 Å². The highest BCUT2D eigenvalue weighted by Crippen LogP contribution is 2.38. The van der Waals surface area contributed by atoms with Gasteiger partial charge in [-0.05, 0) is 31.6 Å². The van der Waals surface area contributed by atoms with Gasteiger partial charge in [0, 0.05) is 11.3 Å². The fourth-order valence-electron chi connectivity index (χ4n) is 3.54. The van der Waals surface area contributed by atoms with Crippen LogP contribution in [0, 0.1) is 5.92 Å². The number of hydrogen-bond donors (Lipinski definition) is 1. The van der Waals surface area contributed by atoms with Crippen molar-refractivity contribution in [3.8, 4) is 0 Å². The van der Waals surface area contributed by atoms with Gasteiger partial charge < -0.3 is 5.32 Å². The molecule has 3 rings (SSSR count). The van der Waals surface area contributed by atoms with Crippen LogP contribution in [-0.4, -0.2) is 22.5 Å². The summed E-state index contributed by atoms with van der Waals surface area (Å²) in [6.07, 6.45) is 11.0. The highest BCUT2D eigenvalue weighted by atomic mass is 32.2. The highest BCUT2D eigenvalue weighted by Gasteiger charge is 2.39.